The summed E-state index contributed by atoms with van der Waals surface area (Å²) in [5.74, 6) is -0.210. The minimum Gasteiger partial charge on any atom is -0.494 e. The van der Waals surface area contributed by atoms with E-state index in [-0.39, 0.29) is 5.75 Å². The molecule has 0 radical (unpaired) electrons. The summed E-state index contributed by atoms with van der Waals surface area (Å²) in [6.45, 7) is 0. The summed E-state index contributed by atoms with van der Waals surface area (Å²) in [6.07, 6.45) is 0.281. The van der Waals surface area contributed by atoms with Gasteiger partial charge < -0.3 is 9.84 Å². The lowest BCUT2D eigenvalue weighted by Gasteiger charge is -2.12. The summed E-state index contributed by atoms with van der Waals surface area (Å²) in [4.78, 5) is 0. The molecule has 2 aromatic carbocycles. The van der Waals surface area contributed by atoms with Crippen LogP contribution in [0.5, 0.6) is 5.75 Å². The average molecular weight is 295 g/mol. The number of hydrogen-bond acceptors (Lipinski definition) is 2. The zero-order chi connectivity index (χ0) is 14.5. The predicted molar refractivity (Wildman–Crippen MR) is 77.8 cm³/mol. The molecule has 20 heavy (non-hydrogen) atoms. The van der Waals surface area contributed by atoms with E-state index in [4.69, 9.17) is 16.3 Å². The van der Waals surface area contributed by atoms with Gasteiger partial charge in [-0.05, 0) is 48.2 Å². The molecule has 4 heteroatoms. The molecule has 0 aliphatic heterocycles. The van der Waals surface area contributed by atoms with Gasteiger partial charge in [0.05, 0.1) is 13.2 Å². The van der Waals surface area contributed by atoms with Crippen molar-refractivity contribution in [2.24, 2.45) is 0 Å². The van der Waals surface area contributed by atoms with Crippen molar-refractivity contribution in [1.29, 1.82) is 0 Å². The van der Waals surface area contributed by atoms with E-state index in [1.807, 2.05) is 18.2 Å². The maximum Gasteiger partial charge on any atom is 0.165 e. The molecule has 0 aromatic heterocycles. The van der Waals surface area contributed by atoms with E-state index in [0.29, 0.717) is 17.9 Å². The second-order valence-electron chi connectivity index (χ2n) is 4.66. The van der Waals surface area contributed by atoms with Crippen molar-refractivity contribution in [3.05, 3.63) is 64.4 Å². The summed E-state index contributed by atoms with van der Waals surface area (Å²) in [5, 5.41) is 10.7. The van der Waals surface area contributed by atoms with E-state index < -0.39 is 11.9 Å². The lowest BCUT2D eigenvalue weighted by atomic mass is 10.0. The van der Waals surface area contributed by atoms with Crippen LogP contribution in [0, 0.1) is 5.82 Å². The van der Waals surface area contributed by atoms with Gasteiger partial charge in [0.2, 0.25) is 0 Å². The Bertz CT molecular complexity index is 586. The fourth-order valence-electron chi connectivity index (χ4n) is 2.12. The lowest BCUT2D eigenvalue weighted by Crippen LogP contribution is -2.14. The molecule has 0 bridgehead atoms. The first kappa shape index (κ1) is 14.8. The number of aliphatic hydroxyl groups excluding tert-OH is 1. The van der Waals surface area contributed by atoms with Crippen LogP contribution >= 0.6 is 11.6 Å². The van der Waals surface area contributed by atoms with Crippen LogP contribution in [0.4, 0.5) is 4.39 Å². The molecule has 0 aliphatic rings. The fraction of sp³-hybridized carbons (Fsp3) is 0.250. The summed E-state index contributed by atoms with van der Waals surface area (Å²) in [7, 11) is 1.42. The molecule has 0 saturated carbocycles. The zero-order valence-corrected chi connectivity index (χ0v) is 11.9. The van der Waals surface area contributed by atoms with E-state index in [1.165, 1.54) is 13.2 Å². The fourth-order valence-corrected chi connectivity index (χ4v) is 2.33. The maximum absolute atomic E-state index is 13.6. The molecule has 0 spiro atoms. The van der Waals surface area contributed by atoms with Crippen LogP contribution in [0.25, 0.3) is 0 Å². The third kappa shape index (κ3) is 3.95. The Hall–Kier alpha value is -1.58. The molecular weight excluding hydrogens is 279 g/mol. The second-order valence-corrected chi connectivity index (χ2v) is 5.10. The highest BCUT2D eigenvalue weighted by molar-refractivity contribution is 6.30. The molecule has 2 aromatic rings. The van der Waals surface area contributed by atoms with E-state index >= 15 is 0 Å². The van der Waals surface area contributed by atoms with Crippen molar-refractivity contribution in [2.75, 3.05) is 7.11 Å². The highest BCUT2D eigenvalue weighted by Crippen LogP contribution is 2.19. The maximum atomic E-state index is 13.6. The van der Waals surface area contributed by atoms with Crippen molar-refractivity contribution in [3.8, 4) is 5.75 Å². The van der Waals surface area contributed by atoms with E-state index in [1.54, 1.807) is 18.2 Å². The molecular formula is C16H16ClFO2. The largest absolute Gasteiger partial charge is 0.494 e. The van der Waals surface area contributed by atoms with Gasteiger partial charge in [-0.25, -0.2) is 4.39 Å². The Kier molecular flexibility index (Phi) is 4.99. The third-order valence-electron chi connectivity index (χ3n) is 3.05. The normalized spacial score (nSPS) is 12.2. The quantitative estimate of drug-likeness (QED) is 0.912. The SMILES string of the molecule is COc1ccc(CC(O)Cc2cccc(Cl)c2)cc1F. The molecule has 0 saturated heterocycles. The average Bonchev–Trinajstić information content (AvgIpc) is 2.38. The number of ether oxygens (including phenoxy) is 1. The molecule has 2 nitrogen and oxygen atoms in total. The Morgan fingerprint density at radius 3 is 2.45 bits per heavy atom. The Balaban J connectivity index is 2.01. The molecule has 0 heterocycles. The van der Waals surface area contributed by atoms with Gasteiger partial charge in [-0.15, -0.1) is 0 Å². The van der Waals surface area contributed by atoms with E-state index in [9.17, 15) is 9.50 Å². The van der Waals surface area contributed by atoms with Gasteiger partial charge >= 0.3 is 0 Å². The van der Waals surface area contributed by atoms with Crippen LogP contribution in [0.1, 0.15) is 11.1 Å². The molecule has 1 N–H and O–H groups in total. The molecule has 2 rings (SSSR count). The molecule has 0 aliphatic carbocycles. The topological polar surface area (TPSA) is 29.5 Å². The van der Waals surface area contributed by atoms with Crippen LogP contribution in [-0.4, -0.2) is 18.3 Å². The third-order valence-corrected chi connectivity index (χ3v) is 3.28. The smallest absolute Gasteiger partial charge is 0.165 e. The van der Waals surface area contributed by atoms with Crippen LogP contribution in [0.15, 0.2) is 42.5 Å². The van der Waals surface area contributed by atoms with Gasteiger partial charge in [-0.1, -0.05) is 29.8 Å². The molecule has 106 valence electrons. The lowest BCUT2D eigenvalue weighted by molar-refractivity contribution is 0.175. The number of hydrogen-bond donors (Lipinski definition) is 1. The van der Waals surface area contributed by atoms with Crippen molar-refractivity contribution < 1.29 is 14.2 Å². The number of halogens is 2. The standard InChI is InChI=1S/C16H16ClFO2/c1-20-16-6-5-12(10-15(16)18)9-14(19)8-11-3-2-4-13(17)7-11/h2-7,10,14,19H,8-9H2,1H3. The van der Waals surface area contributed by atoms with Gasteiger partial charge in [-0.3, -0.25) is 0 Å². The highest BCUT2D eigenvalue weighted by atomic mass is 35.5. The second kappa shape index (κ2) is 6.73. The predicted octanol–water partition coefficient (Wildman–Crippen LogP) is 3.63. The van der Waals surface area contributed by atoms with Crippen molar-refractivity contribution >= 4 is 11.6 Å². The first-order chi connectivity index (χ1) is 9.58. The number of benzene rings is 2. The van der Waals surface area contributed by atoms with Crippen molar-refractivity contribution in [3.63, 3.8) is 0 Å². The van der Waals surface area contributed by atoms with Gasteiger partial charge in [0, 0.05) is 5.02 Å². The summed E-state index contributed by atoms with van der Waals surface area (Å²) < 4.78 is 18.4. The highest BCUT2D eigenvalue weighted by Gasteiger charge is 2.10. The van der Waals surface area contributed by atoms with Gasteiger partial charge in [-0.2, -0.15) is 0 Å². The number of aliphatic hydroxyl groups is 1. The molecule has 0 amide bonds. The first-order valence-electron chi connectivity index (χ1n) is 6.33. The van der Waals surface area contributed by atoms with Crippen LogP contribution in [-0.2, 0) is 12.8 Å². The first-order valence-corrected chi connectivity index (χ1v) is 6.71. The van der Waals surface area contributed by atoms with Crippen LogP contribution in [0.3, 0.4) is 0 Å². The van der Waals surface area contributed by atoms with E-state index in [2.05, 4.69) is 0 Å². The summed E-state index contributed by atoms with van der Waals surface area (Å²) in [6, 6.07) is 12.1. The Morgan fingerprint density at radius 1 is 1.15 bits per heavy atom. The molecule has 1 unspecified atom stereocenters. The van der Waals surface area contributed by atoms with Crippen LogP contribution in [0.2, 0.25) is 5.02 Å². The van der Waals surface area contributed by atoms with E-state index in [0.717, 1.165) is 11.1 Å². The molecule has 0 fully saturated rings. The monoisotopic (exact) mass is 294 g/mol. The molecule has 1 atom stereocenters. The minimum atomic E-state index is -0.582. The zero-order valence-electron chi connectivity index (χ0n) is 11.1. The Morgan fingerprint density at radius 2 is 1.85 bits per heavy atom. The number of rotatable bonds is 5. The van der Waals surface area contributed by atoms with Crippen LogP contribution < -0.4 is 4.74 Å². The van der Waals surface area contributed by atoms with Gasteiger partial charge in [0.1, 0.15) is 0 Å². The van der Waals surface area contributed by atoms with Crippen molar-refractivity contribution in [2.45, 2.75) is 18.9 Å². The minimum absolute atomic E-state index is 0.207. The summed E-state index contributed by atoms with van der Waals surface area (Å²) in [5.41, 5.74) is 1.69. The van der Waals surface area contributed by atoms with Gasteiger partial charge in [0.25, 0.3) is 0 Å². The van der Waals surface area contributed by atoms with Crippen molar-refractivity contribution in [1.82, 2.24) is 0 Å². The Labute approximate surface area is 122 Å². The number of methoxy groups -OCH3 is 1. The summed E-state index contributed by atoms with van der Waals surface area (Å²) >= 11 is 5.90. The van der Waals surface area contributed by atoms with Gasteiger partial charge in [0.15, 0.2) is 11.6 Å².